The van der Waals surface area contributed by atoms with Crippen LogP contribution in [0.5, 0.6) is 0 Å². The van der Waals surface area contributed by atoms with Gasteiger partial charge in [0.15, 0.2) is 0 Å². The average Bonchev–Trinajstić information content (AvgIpc) is 2.95. The number of carbonyl (C=O) groups is 1. The number of hydrogen-bond acceptors (Lipinski definition) is 3. The van der Waals surface area contributed by atoms with Crippen LogP contribution in [0, 0.1) is 0 Å². The van der Waals surface area contributed by atoms with Gasteiger partial charge < -0.3 is 15.5 Å². The van der Waals surface area contributed by atoms with E-state index < -0.39 is 23.7 Å². The maximum Gasteiger partial charge on any atom is 0.416 e. The van der Waals surface area contributed by atoms with Crippen molar-refractivity contribution in [2.24, 2.45) is 5.73 Å². The Hall–Kier alpha value is -1.99. The Kier molecular flexibility index (Phi) is 6.23. The lowest BCUT2D eigenvalue weighted by atomic mass is 10.0. The van der Waals surface area contributed by atoms with Gasteiger partial charge in [0.1, 0.15) is 12.0 Å². The monoisotopic (exact) mass is 348 g/mol. The maximum atomic E-state index is 12.7. The van der Waals surface area contributed by atoms with E-state index in [1.165, 1.54) is 24.5 Å². The van der Waals surface area contributed by atoms with E-state index in [2.05, 4.69) is 5.32 Å². The lowest BCUT2D eigenvalue weighted by molar-refractivity contribution is -0.137. The van der Waals surface area contributed by atoms with Crippen molar-refractivity contribution in [2.45, 2.75) is 25.7 Å². The molecule has 0 saturated carbocycles. The number of carbonyl (C=O) groups excluding carboxylic acids is 1. The Morgan fingerprint density at radius 1 is 1.35 bits per heavy atom. The van der Waals surface area contributed by atoms with Gasteiger partial charge in [-0.3, -0.25) is 4.79 Å². The van der Waals surface area contributed by atoms with Crippen molar-refractivity contribution in [3.63, 3.8) is 0 Å². The number of amides is 1. The van der Waals surface area contributed by atoms with E-state index in [0.29, 0.717) is 11.3 Å². The second kappa shape index (κ2) is 7.52. The van der Waals surface area contributed by atoms with Crippen LogP contribution in [0.2, 0.25) is 0 Å². The Balaban J connectivity index is 0.00000264. The summed E-state index contributed by atoms with van der Waals surface area (Å²) in [4.78, 5) is 12.0. The van der Waals surface area contributed by atoms with Gasteiger partial charge in [-0.1, -0.05) is 12.1 Å². The fourth-order valence-electron chi connectivity index (χ4n) is 1.95. The first kappa shape index (κ1) is 19.1. The second-order valence-corrected chi connectivity index (χ2v) is 4.82. The first-order valence-corrected chi connectivity index (χ1v) is 6.56. The van der Waals surface area contributed by atoms with Gasteiger partial charge in [0.2, 0.25) is 0 Å². The van der Waals surface area contributed by atoms with E-state index in [1.807, 2.05) is 0 Å². The molecule has 0 aliphatic carbocycles. The zero-order valence-electron chi connectivity index (χ0n) is 12.2. The number of rotatable bonds is 4. The largest absolute Gasteiger partial charge is 0.467 e. The summed E-state index contributed by atoms with van der Waals surface area (Å²) in [5.74, 6) is 0.0187. The van der Waals surface area contributed by atoms with Crippen LogP contribution in [0.1, 0.15) is 40.2 Å². The van der Waals surface area contributed by atoms with Gasteiger partial charge in [-0.15, -0.1) is 12.4 Å². The third-order valence-electron chi connectivity index (χ3n) is 3.18. The first-order chi connectivity index (χ1) is 10.3. The number of benzene rings is 1. The van der Waals surface area contributed by atoms with Gasteiger partial charge in [0.05, 0.1) is 23.7 Å². The van der Waals surface area contributed by atoms with Crippen LogP contribution in [0.15, 0.2) is 41.0 Å². The Morgan fingerprint density at radius 2 is 2.04 bits per heavy atom. The Morgan fingerprint density at radius 3 is 2.61 bits per heavy atom. The topological polar surface area (TPSA) is 68.3 Å². The van der Waals surface area contributed by atoms with Gasteiger partial charge in [0, 0.05) is 0 Å². The number of hydrogen-bond donors (Lipinski definition) is 2. The molecule has 1 amide bonds. The van der Waals surface area contributed by atoms with E-state index in [-0.39, 0.29) is 24.5 Å². The van der Waals surface area contributed by atoms with Crippen molar-refractivity contribution in [1.29, 1.82) is 0 Å². The average molecular weight is 349 g/mol. The van der Waals surface area contributed by atoms with Crippen LogP contribution in [-0.2, 0) is 12.7 Å². The maximum absolute atomic E-state index is 12.7. The molecule has 1 atom stereocenters. The molecule has 2 rings (SSSR count). The zero-order chi connectivity index (χ0) is 16.3. The zero-order valence-corrected chi connectivity index (χ0v) is 13.0. The molecule has 0 saturated heterocycles. The van der Waals surface area contributed by atoms with E-state index in [9.17, 15) is 18.0 Å². The summed E-state index contributed by atoms with van der Waals surface area (Å²) >= 11 is 0. The van der Waals surface area contributed by atoms with Crippen molar-refractivity contribution < 1.29 is 22.4 Å². The number of nitrogens with one attached hydrogen (secondary N) is 1. The van der Waals surface area contributed by atoms with Crippen LogP contribution < -0.4 is 11.1 Å². The minimum atomic E-state index is -4.42. The van der Waals surface area contributed by atoms with Gasteiger partial charge in [-0.25, -0.2) is 0 Å². The number of furan rings is 1. The SMILES string of the molecule is CC(NC(=O)c1coc(CN)c1)c1cccc(C(F)(F)F)c1.Cl. The van der Waals surface area contributed by atoms with E-state index in [4.69, 9.17) is 10.2 Å². The number of halogens is 4. The molecule has 126 valence electrons. The second-order valence-electron chi connectivity index (χ2n) is 4.82. The highest BCUT2D eigenvalue weighted by atomic mass is 35.5. The Labute approximate surface area is 137 Å². The highest BCUT2D eigenvalue weighted by molar-refractivity contribution is 5.94. The molecular weight excluding hydrogens is 333 g/mol. The van der Waals surface area contributed by atoms with E-state index in [1.54, 1.807) is 6.92 Å². The molecule has 1 aromatic heterocycles. The normalized spacial score (nSPS) is 12.4. The Bertz CT molecular complexity index is 671. The molecule has 1 aromatic carbocycles. The molecule has 0 spiro atoms. The summed E-state index contributed by atoms with van der Waals surface area (Å²) < 4.78 is 43.1. The van der Waals surface area contributed by atoms with Crippen LogP contribution in [0.4, 0.5) is 13.2 Å². The fourth-order valence-corrected chi connectivity index (χ4v) is 1.95. The summed E-state index contributed by atoms with van der Waals surface area (Å²) in [6.07, 6.45) is -3.16. The summed E-state index contributed by atoms with van der Waals surface area (Å²) in [5.41, 5.74) is 5.27. The third-order valence-corrected chi connectivity index (χ3v) is 3.18. The van der Waals surface area contributed by atoms with Crippen LogP contribution in [0.3, 0.4) is 0 Å². The van der Waals surface area contributed by atoms with Crippen molar-refractivity contribution in [3.05, 3.63) is 59.0 Å². The highest BCUT2D eigenvalue weighted by Crippen LogP contribution is 2.30. The van der Waals surface area contributed by atoms with Crippen LogP contribution in [0.25, 0.3) is 0 Å². The van der Waals surface area contributed by atoms with Crippen LogP contribution >= 0.6 is 12.4 Å². The predicted molar refractivity (Wildman–Crippen MR) is 81.2 cm³/mol. The van der Waals surface area contributed by atoms with Crippen molar-refractivity contribution in [3.8, 4) is 0 Å². The quantitative estimate of drug-likeness (QED) is 0.885. The smallest absolute Gasteiger partial charge is 0.416 e. The number of alkyl halides is 3. The highest BCUT2D eigenvalue weighted by Gasteiger charge is 2.30. The molecule has 4 nitrogen and oxygen atoms in total. The molecule has 0 aliphatic heterocycles. The lowest BCUT2D eigenvalue weighted by Gasteiger charge is -2.15. The fraction of sp³-hybridized carbons (Fsp3) is 0.267. The van der Waals surface area contributed by atoms with Crippen molar-refractivity contribution >= 4 is 18.3 Å². The predicted octanol–water partition coefficient (Wildman–Crippen LogP) is 3.67. The molecule has 0 radical (unpaired) electrons. The summed E-state index contributed by atoms with van der Waals surface area (Å²) in [6, 6.07) is 5.76. The molecule has 1 heterocycles. The molecule has 2 aromatic rings. The standard InChI is InChI=1S/C15H15F3N2O2.ClH/c1-9(10-3-2-4-12(5-10)15(16,17)18)20-14(21)11-6-13(7-19)22-8-11;/h2-6,8-9H,7,19H2,1H3,(H,20,21);1H. The molecule has 0 fully saturated rings. The van der Waals surface area contributed by atoms with Gasteiger partial charge in [-0.05, 0) is 30.7 Å². The van der Waals surface area contributed by atoms with Gasteiger partial charge >= 0.3 is 6.18 Å². The summed E-state index contributed by atoms with van der Waals surface area (Å²) in [5, 5.41) is 2.62. The van der Waals surface area contributed by atoms with E-state index in [0.717, 1.165) is 12.1 Å². The summed E-state index contributed by atoms with van der Waals surface area (Å²) in [6.45, 7) is 1.77. The minimum Gasteiger partial charge on any atom is -0.467 e. The third kappa shape index (κ3) is 4.74. The first-order valence-electron chi connectivity index (χ1n) is 6.56. The van der Waals surface area contributed by atoms with Crippen LogP contribution in [-0.4, -0.2) is 5.91 Å². The molecule has 0 bridgehead atoms. The number of nitrogens with two attached hydrogens (primary N) is 1. The molecule has 1 unspecified atom stereocenters. The lowest BCUT2D eigenvalue weighted by Crippen LogP contribution is -2.26. The molecular formula is C15H16ClF3N2O2. The van der Waals surface area contributed by atoms with E-state index >= 15 is 0 Å². The van der Waals surface area contributed by atoms with Gasteiger partial charge in [-0.2, -0.15) is 13.2 Å². The molecule has 0 aliphatic rings. The van der Waals surface area contributed by atoms with Crippen molar-refractivity contribution in [2.75, 3.05) is 0 Å². The molecule has 3 N–H and O–H groups in total. The summed E-state index contributed by atoms with van der Waals surface area (Å²) in [7, 11) is 0. The minimum absolute atomic E-state index is 0. The van der Waals surface area contributed by atoms with Crippen molar-refractivity contribution in [1.82, 2.24) is 5.32 Å². The van der Waals surface area contributed by atoms with Gasteiger partial charge in [0.25, 0.3) is 5.91 Å². The molecule has 23 heavy (non-hydrogen) atoms. The molecule has 8 heteroatoms.